The summed E-state index contributed by atoms with van der Waals surface area (Å²) >= 11 is 0. The largest absolute Gasteiger partial charge is 0.466 e. The Labute approximate surface area is 120 Å². The lowest BCUT2D eigenvalue weighted by molar-refractivity contribution is 0.213. The van der Waals surface area contributed by atoms with Gasteiger partial charge >= 0.3 is 0 Å². The Hall–Kier alpha value is -2.95. The van der Waals surface area contributed by atoms with Gasteiger partial charge in [-0.05, 0) is 12.1 Å². The number of rotatable bonds is 1. The molecule has 5 heteroatoms. The first-order valence-electron chi connectivity index (χ1n) is 6.59. The highest BCUT2D eigenvalue weighted by Crippen LogP contribution is 2.26. The first-order valence-corrected chi connectivity index (χ1v) is 6.59. The van der Waals surface area contributed by atoms with Crippen molar-refractivity contribution in [3.8, 4) is 0 Å². The van der Waals surface area contributed by atoms with Gasteiger partial charge in [-0.1, -0.05) is 42.5 Å². The Kier molecular flexibility index (Phi) is 2.57. The average molecular weight is 277 g/mol. The number of nitrogens with zero attached hydrogens (tertiary/aromatic N) is 3. The number of aromatic nitrogens is 2. The van der Waals surface area contributed by atoms with Crippen LogP contribution in [0.4, 0.5) is 0 Å². The van der Waals surface area contributed by atoms with Crippen LogP contribution in [0, 0.1) is 0 Å². The zero-order valence-corrected chi connectivity index (χ0v) is 11.0. The van der Waals surface area contributed by atoms with E-state index in [-0.39, 0.29) is 5.56 Å². The molecule has 0 N–H and O–H groups in total. The van der Waals surface area contributed by atoms with Gasteiger partial charge in [-0.25, -0.2) is 4.98 Å². The van der Waals surface area contributed by atoms with E-state index in [2.05, 4.69) is 10.1 Å². The summed E-state index contributed by atoms with van der Waals surface area (Å²) in [5, 5.41) is 4.56. The Bertz CT molecular complexity index is 900. The molecule has 0 bridgehead atoms. The van der Waals surface area contributed by atoms with Gasteiger partial charge in [-0.3, -0.25) is 4.79 Å². The van der Waals surface area contributed by atoms with Crippen molar-refractivity contribution in [3.05, 3.63) is 76.3 Å². The van der Waals surface area contributed by atoms with Crippen LogP contribution in [0.2, 0.25) is 0 Å². The molecule has 1 aliphatic heterocycles. The van der Waals surface area contributed by atoms with E-state index < -0.39 is 6.10 Å². The van der Waals surface area contributed by atoms with Gasteiger partial charge in [0.1, 0.15) is 0 Å². The molecule has 1 unspecified atom stereocenters. The summed E-state index contributed by atoms with van der Waals surface area (Å²) in [7, 11) is 0. The third-order valence-corrected chi connectivity index (χ3v) is 3.48. The van der Waals surface area contributed by atoms with Crippen LogP contribution in [0.1, 0.15) is 17.5 Å². The number of hydrogen-bond donors (Lipinski definition) is 0. The second-order valence-electron chi connectivity index (χ2n) is 4.75. The minimum absolute atomic E-state index is 0.184. The molecule has 0 radical (unpaired) electrons. The molecule has 1 aliphatic rings. The molecule has 102 valence electrons. The molecule has 21 heavy (non-hydrogen) atoms. The summed E-state index contributed by atoms with van der Waals surface area (Å²) in [6.07, 6.45) is 0.865. The van der Waals surface area contributed by atoms with Crippen LogP contribution < -0.4 is 5.56 Å². The first-order chi connectivity index (χ1) is 10.3. The van der Waals surface area contributed by atoms with Crippen LogP contribution in [-0.2, 0) is 4.74 Å². The summed E-state index contributed by atoms with van der Waals surface area (Å²) < 4.78 is 6.89. The highest BCUT2D eigenvalue weighted by molar-refractivity contribution is 5.77. The fourth-order valence-corrected chi connectivity index (χ4v) is 2.47. The highest BCUT2D eigenvalue weighted by atomic mass is 16.5. The number of para-hydroxylation sites is 1. The standard InChI is InChI=1S/C16H11N3O2/c20-16-12-8-4-5-9-13(12)18-15-14(21-10-17-19(15)16)11-6-2-1-3-7-11/h1-10,14H. The number of ether oxygens (including phenoxy) is 1. The average Bonchev–Trinajstić information content (AvgIpc) is 2.56. The van der Waals surface area contributed by atoms with Gasteiger partial charge in [0.2, 0.25) is 0 Å². The highest BCUT2D eigenvalue weighted by Gasteiger charge is 2.25. The van der Waals surface area contributed by atoms with E-state index in [9.17, 15) is 4.79 Å². The maximum Gasteiger partial charge on any atom is 0.282 e. The van der Waals surface area contributed by atoms with E-state index in [1.807, 2.05) is 48.5 Å². The van der Waals surface area contributed by atoms with Crippen LogP contribution in [0.15, 0.2) is 64.5 Å². The molecule has 1 atom stereocenters. The predicted octanol–water partition coefficient (Wildman–Crippen LogP) is 2.31. The maximum atomic E-state index is 12.5. The van der Waals surface area contributed by atoms with Crippen molar-refractivity contribution in [2.24, 2.45) is 5.10 Å². The quantitative estimate of drug-likeness (QED) is 0.686. The third kappa shape index (κ3) is 1.82. The molecular formula is C16H11N3O2. The van der Waals surface area contributed by atoms with Gasteiger partial charge in [-0.15, -0.1) is 5.10 Å². The number of hydrogen-bond acceptors (Lipinski definition) is 4. The molecule has 0 amide bonds. The van der Waals surface area contributed by atoms with Gasteiger partial charge in [0.15, 0.2) is 18.3 Å². The Morgan fingerprint density at radius 1 is 1.00 bits per heavy atom. The molecule has 0 fully saturated rings. The predicted molar refractivity (Wildman–Crippen MR) is 79.3 cm³/mol. The van der Waals surface area contributed by atoms with Crippen molar-refractivity contribution < 1.29 is 4.74 Å². The molecule has 2 heterocycles. The van der Waals surface area contributed by atoms with Gasteiger partial charge in [0, 0.05) is 5.56 Å². The fraction of sp³-hybridized carbons (Fsp3) is 0.0625. The summed E-state index contributed by atoms with van der Waals surface area (Å²) in [5.41, 5.74) is 1.39. The van der Waals surface area contributed by atoms with Crippen molar-refractivity contribution >= 4 is 17.3 Å². The van der Waals surface area contributed by atoms with E-state index in [1.54, 1.807) is 6.07 Å². The molecule has 0 spiro atoms. The van der Waals surface area contributed by atoms with E-state index >= 15 is 0 Å². The van der Waals surface area contributed by atoms with Crippen molar-refractivity contribution in [2.75, 3.05) is 0 Å². The lowest BCUT2D eigenvalue weighted by Gasteiger charge is -2.22. The van der Waals surface area contributed by atoms with Gasteiger partial charge in [0.05, 0.1) is 10.9 Å². The molecule has 0 saturated carbocycles. The summed E-state index contributed by atoms with van der Waals surface area (Å²) in [6.45, 7) is 0. The van der Waals surface area contributed by atoms with Crippen LogP contribution in [0.5, 0.6) is 0 Å². The summed E-state index contributed by atoms with van der Waals surface area (Å²) in [5.74, 6) is 0.493. The molecule has 4 rings (SSSR count). The molecule has 1 aromatic heterocycles. The SMILES string of the molecule is O=c1c2ccccc2nc2n1N=COC2c1ccccc1. The van der Waals surface area contributed by atoms with E-state index in [4.69, 9.17) is 4.74 Å². The zero-order chi connectivity index (χ0) is 14.2. The maximum absolute atomic E-state index is 12.5. The number of benzene rings is 2. The van der Waals surface area contributed by atoms with Crippen LogP contribution in [0.25, 0.3) is 10.9 Å². The summed E-state index contributed by atoms with van der Waals surface area (Å²) in [6, 6.07) is 16.9. The molecule has 3 aromatic rings. The molecular weight excluding hydrogens is 266 g/mol. The second-order valence-corrected chi connectivity index (χ2v) is 4.75. The fourth-order valence-electron chi connectivity index (χ4n) is 2.47. The first kappa shape index (κ1) is 11.8. The van der Waals surface area contributed by atoms with Crippen molar-refractivity contribution in [1.82, 2.24) is 9.66 Å². The Balaban J connectivity index is 2.00. The minimum Gasteiger partial charge on any atom is -0.466 e. The molecule has 0 aliphatic carbocycles. The lowest BCUT2D eigenvalue weighted by atomic mass is 10.1. The minimum atomic E-state index is -0.430. The monoisotopic (exact) mass is 277 g/mol. The Morgan fingerprint density at radius 2 is 1.76 bits per heavy atom. The van der Waals surface area contributed by atoms with Gasteiger partial charge in [-0.2, -0.15) is 4.68 Å². The smallest absolute Gasteiger partial charge is 0.282 e. The third-order valence-electron chi connectivity index (χ3n) is 3.48. The molecule has 0 saturated heterocycles. The molecule has 5 nitrogen and oxygen atoms in total. The molecule has 2 aromatic carbocycles. The van der Waals surface area contributed by atoms with E-state index in [0.717, 1.165) is 5.56 Å². The van der Waals surface area contributed by atoms with Gasteiger partial charge in [0.25, 0.3) is 5.56 Å². The second kappa shape index (κ2) is 4.56. The van der Waals surface area contributed by atoms with Crippen LogP contribution in [0.3, 0.4) is 0 Å². The van der Waals surface area contributed by atoms with Crippen LogP contribution >= 0.6 is 0 Å². The van der Waals surface area contributed by atoms with Crippen molar-refractivity contribution in [3.63, 3.8) is 0 Å². The topological polar surface area (TPSA) is 56.5 Å². The lowest BCUT2D eigenvalue weighted by Crippen LogP contribution is -2.28. The normalized spacial score (nSPS) is 16.5. The van der Waals surface area contributed by atoms with Crippen LogP contribution in [-0.4, -0.2) is 16.1 Å². The van der Waals surface area contributed by atoms with Crippen molar-refractivity contribution in [2.45, 2.75) is 6.10 Å². The number of fused-ring (bicyclic) bond motifs is 2. The van der Waals surface area contributed by atoms with E-state index in [0.29, 0.717) is 16.7 Å². The Morgan fingerprint density at radius 3 is 2.62 bits per heavy atom. The van der Waals surface area contributed by atoms with E-state index in [1.165, 1.54) is 11.1 Å². The summed E-state index contributed by atoms with van der Waals surface area (Å²) in [4.78, 5) is 17.1. The zero-order valence-electron chi connectivity index (χ0n) is 11.0. The van der Waals surface area contributed by atoms with Crippen molar-refractivity contribution in [1.29, 1.82) is 0 Å². The van der Waals surface area contributed by atoms with Gasteiger partial charge < -0.3 is 4.74 Å².